The molecule has 1 rings (SSSR count). The standard InChI is InChI=1S/C12H13NO2/c1-4-12(2,3)9-7-5-6-8-10(9)13-11(14)15/h1,5-8,13H,2-3H3,(H,14,15). The highest BCUT2D eigenvalue weighted by atomic mass is 16.4. The van der Waals surface area contributed by atoms with E-state index in [1.807, 2.05) is 26.0 Å². The molecule has 0 radical (unpaired) electrons. The van der Waals surface area contributed by atoms with Gasteiger partial charge in [-0.2, -0.15) is 0 Å². The van der Waals surface area contributed by atoms with E-state index in [9.17, 15) is 4.79 Å². The van der Waals surface area contributed by atoms with Crippen LogP contribution < -0.4 is 5.32 Å². The minimum Gasteiger partial charge on any atom is -0.465 e. The summed E-state index contributed by atoms with van der Waals surface area (Å²) in [5.41, 5.74) is 0.849. The monoisotopic (exact) mass is 203 g/mol. The minimum atomic E-state index is -1.09. The first-order valence-corrected chi connectivity index (χ1v) is 4.54. The van der Waals surface area contributed by atoms with Crippen LogP contribution in [-0.4, -0.2) is 11.2 Å². The van der Waals surface area contributed by atoms with Gasteiger partial charge in [-0.15, -0.1) is 6.42 Å². The van der Waals surface area contributed by atoms with Crippen LogP contribution in [0.3, 0.4) is 0 Å². The lowest BCUT2D eigenvalue weighted by Gasteiger charge is -2.21. The van der Waals surface area contributed by atoms with Crippen molar-refractivity contribution < 1.29 is 9.90 Å². The van der Waals surface area contributed by atoms with Crippen LogP contribution in [0.1, 0.15) is 19.4 Å². The Morgan fingerprint density at radius 2 is 2.07 bits per heavy atom. The summed E-state index contributed by atoms with van der Waals surface area (Å²) >= 11 is 0. The summed E-state index contributed by atoms with van der Waals surface area (Å²) in [6.45, 7) is 3.74. The van der Waals surface area contributed by atoms with Crippen molar-refractivity contribution in [1.29, 1.82) is 0 Å². The van der Waals surface area contributed by atoms with Gasteiger partial charge in [0.25, 0.3) is 0 Å². The van der Waals surface area contributed by atoms with Gasteiger partial charge >= 0.3 is 6.09 Å². The van der Waals surface area contributed by atoms with Gasteiger partial charge in [0, 0.05) is 5.69 Å². The Morgan fingerprint density at radius 1 is 1.47 bits per heavy atom. The third kappa shape index (κ3) is 2.50. The predicted octanol–water partition coefficient (Wildman–Crippen LogP) is 2.69. The Hall–Kier alpha value is -1.95. The van der Waals surface area contributed by atoms with Crippen LogP contribution in [-0.2, 0) is 5.41 Å². The number of benzene rings is 1. The quantitative estimate of drug-likeness (QED) is 0.726. The van der Waals surface area contributed by atoms with E-state index < -0.39 is 11.5 Å². The molecule has 78 valence electrons. The van der Waals surface area contributed by atoms with Gasteiger partial charge in [0.15, 0.2) is 0 Å². The van der Waals surface area contributed by atoms with Crippen molar-refractivity contribution in [3.8, 4) is 12.3 Å². The zero-order valence-corrected chi connectivity index (χ0v) is 8.74. The molecule has 0 aliphatic carbocycles. The second-order valence-electron chi connectivity index (χ2n) is 3.75. The summed E-state index contributed by atoms with van der Waals surface area (Å²) in [6.07, 6.45) is 4.33. The normalized spacial score (nSPS) is 10.5. The molecule has 3 heteroatoms. The molecule has 15 heavy (non-hydrogen) atoms. The highest BCUT2D eigenvalue weighted by molar-refractivity contribution is 5.84. The SMILES string of the molecule is C#CC(C)(C)c1ccccc1NC(=O)O. The van der Waals surface area contributed by atoms with Crippen molar-refractivity contribution in [3.05, 3.63) is 29.8 Å². The Balaban J connectivity index is 3.19. The molecule has 0 aliphatic heterocycles. The Kier molecular flexibility index (Phi) is 3.01. The summed E-state index contributed by atoms with van der Waals surface area (Å²) < 4.78 is 0. The first-order valence-electron chi connectivity index (χ1n) is 4.54. The zero-order chi connectivity index (χ0) is 11.5. The summed E-state index contributed by atoms with van der Waals surface area (Å²) in [5, 5.41) is 11.0. The molecule has 1 aromatic carbocycles. The molecule has 2 N–H and O–H groups in total. The number of carboxylic acid groups (broad SMARTS) is 1. The molecule has 0 saturated carbocycles. The third-order valence-corrected chi connectivity index (χ3v) is 2.20. The average Bonchev–Trinajstić information content (AvgIpc) is 2.17. The lowest BCUT2D eigenvalue weighted by molar-refractivity contribution is 0.209. The summed E-state index contributed by atoms with van der Waals surface area (Å²) in [7, 11) is 0. The van der Waals surface area contributed by atoms with E-state index in [1.165, 1.54) is 0 Å². The van der Waals surface area contributed by atoms with Crippen LogP contribution >= 0.6 is 0 Å². The molecule has 0 fully saturated rings. The van der Waals surface area contributed by atoms with Gasteiger partial charge in [0.05, 0.1) is 5.41 Å². The van der Waals surface area contributed by atoms with E-state index >= 15 is 0 Å². The van der Waals surface area contributed by atoms with Crippen molar-refractivity contribution in [2.24, 2.45) is 0 Å². The van der Waals surface area contributed by atoms with Gasteiger partial charge in [-0.05, 0) is 25.5 Å². The van der Waals surface area contributed by atoms with Crippen molar-refractivity contribution in [2.45, 2.75) is 19.3 Å². The van der Waals surface area contributed by atoms with E-state index in [4.69, 9.17) is 11.5 Å². The molecule has 0 atom stereocenters. The van der Waals surface area contributed by atoms with Gasteiger partial charge in [0.2, 0.25) is 0 Å². The maximum atomic E-state index is 10.6. The molecular weight excluding hydrogens is 190 g/mol. The van der Waals surface area contributed by atoms with Crippen LogP contribution in [0.25, 0.3) is 0 Å². The number of amides is 1. The first kappa shape index (κ1) is 11.1. The van der Waals surface area contributed by atoms with Crippen LogP contribution in [0.2, 0.25) is 0 Å². The smallest absolute Gasteiger partial charge is 0.409 e. The van der Waals surface area contributed by atoms with Gasteiger partial charge in [-0.25, -0.2) is 4.79 Å². The Labute approximate surface area is 89.1 Å². The number of rotatable bonds is 2. The fraction of sp³-hybridized carbons (Fsp3) is 0.250. The highest BCUT2D eigenvalue weighted by Crippen LogP contribution is 2.28. The second kappa shape index (κ2) is 4.05. The fourth-order valence-corrected chi connectivity index (χ4v) is 1.33. The molecular formula is C12H13NO2. The van der Waals surface area contributed by atoms with Gasteiger partial charge in [-0.3, -0.25) is 5.32 Å². The van der Waals surface area contributed by atoms with E-state index in [1.54, 1.807) is 12.1 Å². The van der Waals surface area contributed by atoms with Crippen LogP contribution in [0.4, 0.5) is 10.5 Å². The molecule has 0 aliphatic rings. The molecule has 0 unspecified atom stereocenters. The number of terminal acetylenes is 1. The maximum absolute atomic E-state index is 10.6. The molecule has 3 nitrogen and oxygen atoms in total. The molecule has 0 bridgehead atoms. The van der Waals surface area contributed by atoms with Crippen molar-refractivity contribution >= 4 is 11.8 Å². The second-order valence-corrected chi connectivity index (χ2v) is 3.75. The lowest BCUT2D eigenvalue weighted by atomic mass is 9.84. The number of nitrogens with one attached hydrogen (secondary N) is 1. The summed E-state index contributed by atoms with van der Waals surface area (Å²) in [5.74, 6) is 2.64. The number of anilines is 1. The number of hydrogen-bond acceptors (Lipinski definition) is 1. The predicted molar refractivity (Wildman–Crippen MR) is 59.9 cm³/mol. The third-order valence-electron chi connectivity index (χ3n) is 2.20. The van der Waals surface area contributed by atoms with Crippen LogP contribution in [0, 0.1) is 12.3 Å². The Morgan fingerprint density at radius 3 is 2.60 bits per heavy atom. The topological polar surface area (TPSA) is 49.3 Å². The van der Waals surface area contributed by atoms with E-state index in [2.05, 4.69) is 11.2 Å². The molecule has 1 amide bonds. The van der Waals surface area contributed by atoms with E-state index in [0.717, 1.165) is 5.56 Å². The summed E-state index contributed by atoms with van der Waals surface area (Å²) in [4.78, 5) is 10.6. The molecule has 0 aromatic heterocycles. The highest BCUT2D eigenvalue weighted by Gasteiger charge is 2.21. The van der Waals surface area contributed by atoms with E-state index in [0.29, 0.717) is 5.69 Å². The number of hydrogen-bond donors (Lipinski definition) is 2. The van der Waals surface area contributed by atoms with Crippen molar-refractivity contribution in [3.63, 3.8) is 0 Å². The van der Waals surface area contributed by atoms with Crippen LogP contribution in [0.15, 0.2) is 24.3 Å². The van der Waals surface area contributed by atoms with Crippen molar-refractivity contribution in [2.75, 3.05) is 5.32 Å². The first-order chi connectivity index (χ1) is 6.97. The lowest BCUT2D eigenvalue weighted by Crippen LogP contribution is -2.18. The van der Waals surface area contributed by atoms with Gasteiger partial charge < -0.3 is 5.11 Å². The number of carbonyl (C=O) groups is 1. The molecule has 0 heterocycles. The zero-order valence-electron chi connectivity index (χ0n) is 8.74. The molecule has 0 saturated heterocycles. The Bertz CT molecular complexity index is 416. The minimum absolute atomic E-state index is 0.487. The fourth-order valence-electron chi connectivity index (χ4n) is 1.33. The largest absolute Gasteiger partial charge is 0.465 e. The van der Waals surface area contributed by atoms with Gasteiger partial charge in [0.1, 0.15) is 0 Å². The maximum Gasteiger partial charge on any atom is 0.409 e. The molecule has 1 aromatic rings. The number of para-hydroxylation sites is 1. The van der Waals surface area contributed by atoms with E-state index in [-0.39, 0.29) is 0 Å². The summed E-state index contributed by atoms with van der Waals surface area (Å²) in [6, 6.07) is 7.12. The van der Waals surface area contributed by atoms with Gasteiger partial charge in [-0.1, -0.05) is 24.1 Å². The van der Waals surface area contributed by atoms with Crippen molar-refractivity contribution in [1.82, 2.24) is 0 Å². The average molecular weight is 203 g/mol. The molecule has 0 spiro atoms. The van der Waals surface area contributed by atoms with Crippen LogP contribution in [0.5, 0.6) is 0 Å².